The largest absolute Gasteiger partial charge is 0.424 e. The van der Waals surface area contributed by atoms with E-state index in [1.807, 2.05) is 24.3 Å². The average molecular weight is 327 g/mol. The van der Waals surface area contributed by atoms with Crippen molar-refractivity contribution in [2.45, 2.75) is 6.54 Å². The molecule has 16 heavy (non-hydrogen) atoms. The van der Waals surface area contributed by atoms with Crippen LogP contribution in [0.1, 0.15) is 5.56 Å². The van der Waals surface area contributed by atoms with E-state index in [1.165, 1.54) is 0 Å². The van der Waals surface area contributed by atoms with Crippen LogP contribution in [-0.2, 0) is 6.54 Å². The van der Waals surface area contributed by atoms with Gasteiger partial charge in [0.05, 0.1) is 0 Å². The summed E-state index contributed by atoms with van der Waals surface area (Å²) in [7, 11) is 0. The van der Waals surface area contributed by atoms with Crippen molar-refractivity contribution in [2.75, 3.05) is 0 Å². The summed E-state index contributed by atoms with van der Waals surface area (Å²) in [5.74, 6) is 0.729. The first-order chi connectivity index (χ1) is 7.78. The number of hydrogen-bond acceptors (Lipinski definition) is 4. The maximum absolute atomic E-state index is 5.49. The van der Waals surface area contributed by atoms with Gasteiger partial charge in [-0.25, -0.2) is 9.97 Å². The van der Waals surface area contributed by atoms with Crippen LogP contribution in [0.3, 0.4) is 0 Å². The number of nitrogens with zero attached hydrogens (tertiary/aromatic N) is 2. The van der Waals surface area contributed by atoms with Crippen molar-refractivity contribution in [1.82, 2.24) is 9.97 Å². The van der Waals surface area contributed by atoms with Gasteiger partial charge < -0.3 is 10.5 Å². The highest BCUT2D eigenvalue weighted by atomic mass is 127. The van der Waals surface area contributed by atoms with E-state index in [1.54, 1.807) is 12.4 Å². The molecule has 1 heterocycles. The van der Waals surface area contributed by atoms with Crippen LogP contribution in [0.25, 0.3) is 0 Å². The summed E-state index contributed by atoms with van der Waals surface area (Å²) in [6.07, 6.45) is 3.33. The molecule has 0 aliphatic heterocycles. The number of aromatic nitrogens is 2. The molecular formula is C11H10IN3O. The third-order valence-corrected chi connectivity index (χ3v) is 2.59. The number of ether oxygens (including phenoxy) is 1. The van der Waals surface area contributed by atoms with Crippen LogP contribution >= 0.6 is 22.6 Å². The van der Waals surface area contributed by atoms with Gasteiger partial charge in [-0.15, -0.1) is 0 Å². The van der Waals surface area contributed by atoms with Gasteiger partial charge in [-0.2, -0.15) is 0 Å². The SMILES string of the molecule is NCc1cnc(Oc2cccc(I)c2)nc1. The van der Waals surface area contributed by atoms with E-state index < -0.39 is 0 Å². The van der Waals surface area contributed by atoms with Gasteiger partial charge in [0.2, 0.25) is 0 Å². The fraction of sp³-hybridized carbons (Fsp3) is 0.0909. The normalized spacial score (nSPS) is 10.1. The quantitative estimate of drug-likeness (QED) is 0.879. The minimum Gasteiger partial charge on any atom is -0.424 e. The third kappa shape index (κ3) is 2.89. The molecule has 0 amide bonds. The number of halogens is 1. The van der Waals surface area contributed by atoms with Crippen molar-refractivity contribution in [2.24, 2.45) is 5.73 Å². The second-order valence-electron chi connectivity index (χ2n) is 3.14. The zero-order valence-corrected chi connectivity index (χ0v) is 10.6. The van der Waals surface area contributed by atoms with Gasteiger partial charge in [0, 0.05) is 28.1 Å². The highest BCUT2D eigenvalue weighted by Gasteiger charge is 2.00. The summed E-state index contributed by atoms with van der Waals surface area (Å²) in [6.45, 7) is 0.434. The first kappa shape index (κ1) is 11.3. The Kier molecular flexibility index (Phi) is 3.68. The minimum absolute atomic E-state index is 0.333. The fourth-order valence-electron chi connectivity index (χ4n) is 1.14. The Morgan fingerprint density at radius 2 is 2.00 bits per heavy atom. The van der Waals surface area contributed by atoms with Crippen molar-refractivity contribution >= 4 is 22.6 Å². The lowest BCUT2D eigenvalue weighted by atomic mass is 10.3. The van der Waals surface area contributed by atoms with E-state index in [2.05, 4.69) is 32.6 Å². The fourth-order valence-corrected chi connectivity index (χ4v) is 1.65. The molecule has 0 atom stereocenters. The number of rotatable bonds is 3. The highest BCUT2D eigenvalue weighted by molar-refractivity contribution is 14.1. The lowest BCUT2D eigenvalue weighted by Gasteiger charge is -2.04. The summed E-state index contributed by atoms with van der Waals surface area (Å²) in [5, 5.41) is 0. The minimum atomic E-state index is 0.333. The zero-order valence-electron chi connectivity index (χ0n) is 8.43. The van der Waals surface area contributed by atoms with E-state index in [0.717, 1.165) is 14.9 Å². The molecule has 0 saturated carbocycles. The van der Waals surface area contributed by atoms with Crippen LogP contribution in [0, 0.1) is 3.57 Å². The second-order valence-corrected chi connectivity index (χ2v) is 4.38. The smallest absolute Gasteiger partial charge is 0.321 e. The third-order valence-electron chi connectivity index (χ3n) is 1.92. The Morgan fingerprint density at radius 3 is 2.62 bits per heavy atom. The Bertz CT molecular complexity index is 473. The van der Waals surface area contributed by atoms with Crippen molar-refractivity contribution in [3.05, 3.63) is 45.8 Å². The second kappa shape index (κ2) is 5.22. The van der Waals surface area contributed by atoms with Crippen molar-refractivity contribution < 1.29 is 4.74 Å². The van der Waals surface area contributed by atoms with E-state index in [4.69, 9.17) is 10.5 Å². The Morgan fingerprint density at radius 1 is 1.25 bits per heavy atom. The summed E-state index contributed by atoms with van der Waals surface area (Å²) in [5.41, 5.74) is 6.33. The van der Waals surface area contributed by atoms with Crippen molar-refractivity contribution in [3.63, 3.8) is 0 Å². The van der Waals surface area contributed by atoms with E-state index in [9.17, 15) is 0 Å². The molecule has 82 valence electrons. The maximum Gasteiger partial charge on any atom is 0.321 e. The molecule has 4 nitrogen and oxygen atoms in total. The van der Waals surface area contributed by atoms with Gasteiger partial charge in [-0.05, 0) is 40.8 Å². The van der Waals surface area contributed by atoms with Crippen LogP contribution in [0.5, 0.6) is 11.8 Å². The lowest BCUT2D eigenvalue weighted by Crippen LogP contribution is -1.99. The summed E-state index contributed by atoms with van der Waals surface area (Å²) in [4.78, 5) is 8.12. The molecule has 0 spiro atoms. The first-order valence-electron chi connectivity index (χ1n) is 4.72. The molecule has 0 aliphatic carbocycles. The molecule has 0 fully saturated rings. The maximum atomic E-state index is 5.49. The predicted molar refractivity (Wildman–Crippen MR) is 69.2 cm³/mol. The lowest BCUT2D eigenvalue weighted by molar-refractivity contribution is 0.440. The van der Waals surface area contributed by atoms with Crippen LogP contribution in [0.4, 0.5) is 0 Å². The van der Waals surface area contributed by atoms with Crippen LogP contribution in [-0.4, -0.2) is 9.97 Å². The average Bonchev–Trinajstić information content (AvgIpc) is 2.30. The first-order valence-corrected chi connectivity index (χ1v) is 5.80. The molecule has 2 aromatic rings. The molecule has 2 rings (SSSR count). The zero-order chi connectivity index (χ0) is 11.4. The molecule has 0 aliphatic rings. The monoisotopic (exact) mass is 327 g/mol. The molecular weight excluding hydrogens is 317 g/mol. The van der Waals surface area contributed by atoms with Crippen molar-refractivity contribution in [1.29, 1.82) is 0 Å². The van der Waals surface area contributed by atoms with Gasteiger partial charge in [-0.3, -0.25) is 0 Å². The molecule has 0 bridgehead atoms. The molecule has 1 aromatic heterocycles. The molecule has 0 radical (unpaired) electrons. The molecule has 2 N–H and O–H groups in total. The standard InChI is InChI=1S/C11H10IN3O/c12-9-2-1-3-10(4-9)16-11-14-6-8(5-13)7-15-11/h1-4,6-7H,5,13H2. The summed E-state index contributed by atoms with van der Waals surface area (Å²) >= 11 is 2.22. The predicted octanol–water partition coefficient (Wildman–Crippen LogP) is 2.33. The molecule has 0 unspecified atom stereocenters. The van der Waals surface area contributed by atoms with Gasteiger partial charge in [-0.1, -0.05) is 6.07 Å². The van der Waals surface area contributed by atoms with Crippen LogP contribution < -0.4 is 10.5 Å². The van der Waals surface area contributed by atoms with Gasteiger partial charge in [0.1, 0.15) is 5.75 Å². The van der Waals surface area contributed by atoms with E-state index in [0.29, 0.717) is 12.6 Å². The number of nitrogens with two attached hydrogens (primary N) is 1. The molecule has 0 saturated heterocycles. The Hall–Kier alpha value is -1.21. The molecule has 5 heteroatoms. The summed E-state index contributed by atoms with van der Waals surface area (Å²) < 4.78 is 6.60. The molecule has 1 aromatic carbocycles. The Balaban J connectivity index is 2.14. The van der Waals surface area contributed by atoms with Gasteiger partial charge in [0.25, 0.3) is 0 Å². The highest BCUT2D eigenvalue weighted by Crippen LogP contribution is 2.19. The summed E-state index contributed by atoms with van der Waals surface area (Å²) in [6, 6.07) is 8.03. The topological polar surface area (TPSA) is 61.0 Å². The van der Waals surface area contributed by atoms with Gasteiger partial charge >= 0.3 is 6.01 Å². The number of benzene rings is 1. The van der Waals surface area contributed by atoms with Crippen LogP contribution in [0.2, 0.25) is 0 Å². The van der Waals surface area contributed by atoms with E-state index >= 15 is 0 Å². The van der Waals surface area contributed by atoms with E-state index in [-0.39, 0.29) is 0 Å². The van der Waals surface area contributed by atoms with Crippen LogP contribution in [0.15, 0.2) is 36.7 Å². The number of hydrogen-bond donors (Lipinski definition) is 1. The Labute approximate surface area is 107 Å². The van der Waals surface area contributed by atoms with Gasteiger partial charge in [0.15, 0.2) is 0 Å². The van der Waals surface area contributed by atoms with Crippen molar-refractivity contribution in [3.8, 4) is 11.8 Å².